The molecule has 0 heterocycles. The van der Waals surface area contributed by atoms with Crippen molar-refractivity contribution in [1.29, 1.82) is 0 Å². The molecule has 0 fully saturated rings. The Morgan fingerprint density at radius 3 is 2.27 bits per heavy atom. The summed E-state index contributed by atoms with van der Waals surface area (Å²) < 4.78 is 4.87. The van der Waals surface area contributed by atoms with E-state index in [0.717, 1.165) is 6.29 Å². The van der Waals surface area contributed by atoms with Gasteiger partial charge in [0.25, 0.3) is 0 Å². The van der Waals surface area contributed by atoms with E-state index < -0.39 is 5.97 Å². The summed E-state index contributed by atoms with van der Waals surface area (Å²) in [5, 5.41) is 8.25. The number of ether oxygens (including phenoxy) is 1. The highest BCUT2D eigenvalue weighted by molar-refractivity contribution is 5.85. The topological polar surface area (TPSA) is 63.6 Å². The van der Waals surface area contributed by atoms with Crippen molar-refractivity contribution in [2.45, 2.75) is 6.92 Å². The molecule has 84 valence electrons. The minimum atomic E-state index is -0.964. The number of carboxylic acids is 1. The Morgan fingerprint density at radius 2 is 1.87 bits per heavy atom. The van der Waals surface area contributed by atoms with Gasteiger partial charge in [-0.3, -0.25) is 0 Å². The lowest BCUT2D eigenvalue weighted by molar-refractivity contribution is -0.139. The average molecular weight is 233 g/mol. The number of benzene rings is 1. The minimum absolute atomic E-state index is 0. The van der Waals surface area contributed by atoms with E-state index >= 15 is 0 Å². The highest BCUT2D eigenvalue weighted by Crippen LogP contribution is 2.07. The number of carboxylic acid groups (broad SMARTS) is 1. The van der Waals surface area contributed by atoms with Gasteiger partial charge < -0.3 is 14.6 Å². The second kappa shape index (κ2) is 10.5. The van der Waals surface area contributed by atoms with E-state index in [-0.39, 0.29) is 19.0 Å². The van der Waals surface area contributed by atoms with Crippen LogP contribution >= 0.6 is 12.4 Å². The van der Waals surface area contributed by atoms with Crippen LogP contribution in [0.2, 0.25) is 0 Å². The minimum Gasteiger partial charge on any atom is -0.482 e. The number of hydrogen-bond donors (Lipinski definition) is 1. The van der Waals surface area contributed by atoms with E-state index in [0.29, 0.717) is 5.75 Å². The summed E-state index contributed by atoms with van der Waals surface area (Å²) in [6.45, 7) is 1.16. The van der Waals surface area contributed by atoms with Crippen LogP contribution in [-0.4, -0.2) is 24.0 Å². The molecule has 1 N–H and O–H groups in total. The van der Waals surface area contributed by atoms with Crippen molar-refractivity contribution in [3.8, 4) is 5.75 Å². The van der Waals surface area contributed by atoms with Crippen molar-refractivity contribution in [3.05, 3.63) is 30.3 Å². The zero-order chi connectivity index (χ0) is 10.8. The summed E-state index contributed by atoms with van der Waals surface area (Å²) >= 11 is 0. The average Bonchev–Trinajstić information content (AvgIpc) is 2.18. The fourth-order valence-electron chi connectivity index (χ4n) is 0.662. The Kier molecular flexibility index (Phi) is 11.2. The second-order valence-electron chi connectivity index (χ2n) is 2.23. The number of para-hydroxylation sites is 1. The van der Waals surface area contributed by atoms with Gasteiger partial charge in [-0.2, -0.15) is 0 Å². The first-order valence-corrected chi connectivity index (χ1v) is 4.00. The lowest BCUT2D eigenvalue weighted by Crippen LogP contribution is -2.09. The molecule has 0 saturated heterocycles. The fraction of sp³-hybridized carbons (Fsp3) is 0.200. The van der Waals surface area contributed by atoms with Gasteiger partial charge >= 0.3 is 5.97 Å². The smallest absolute Gasteiger partial charge is 0.341 e. The van der Waals surface area contributed by atoms with Gasteiger partial charge in [-0.25, -0.2) is 4.79 Å². The predicted molar refractivity (Wildman–Crippen MR) is 58.6 cm³/mol. The van der Waals surface area contributed by atoms with Crippen LogP contribution in [0.1, 0.15) is 6.92 Å². The third-order valence-electron chi connectivity index (χ3n) is 1.11. The molecule has 0 spiro atoms. The normalized spacial score (nSPS) is 7.53. The Balaban J connectivity index is 0. The van der Waals surface area contributed by atoms with E-state index in [1.165, 1.54) is 6.92 Å². The molecule has 0 aliphatic rings. The number of carbonyl (C=O) groups is 2. The summed E-state index contributed by atoms with van der Waals surface area (Å²) in [5.74, 6) is -0.385. The summed E-state index contributed by atoms with van der Waals surface area (Å²) in [6, 6.07) is 8.84. The van der Waals surface area contributed by atoms with Crippen molar-refractivity contribution in [1.82, 2.24) is 0 Å². The SMILES string of the molecule is CC=O.Cl.O=C(O)COc1ccccc1. The lowest BCUT2D eigenvalue weighted by Gasteiger charge is -2.00. The second-order valence-corrected chi connectivity index (χ2v) is 2.23. The molecule has 1 rings (SSSR count). The highest BCUT2D eigenvalue weighted by Gasteiger charge is 1.96. The standard InChI is InChI=1S/C8H8O3.C2H4O.ClH/c9-8(10)6-11-7-4-2-1-3-5-7;1-2-3;/h1-5H,6H2,(H,9,10);2H,1H3;1H. The summed E-state index contributed by atoms with van der Waals surface area (Å²) in [5.41, 5.74) is 0. The predicted octanol–water partition coefficient (Wildman–Crippen LogP) is 1.78. The molecule has 0 aliphatic heterocycles. The van der Waals surface area contributed by atoms with Crippen molar-refractivity contribution in [2.75, 3.05) is 6.61 Å². The van der Waals surface area contributed by atoms with Crippen LogP contribution < -0.4 is 4.74 Å². The van der Waals surface area contributed by atoms with Gasteiger partial charge in [0.2, 0.25) is 0 Å². The number of halogens is 1. The van der Waals surface area contributed by atoms with E-state index in [9.17, 15) is 4.79 Å². The maximum Gasteiger partial charge on any atom is 0.341 e. The van der Waals surface area contributed by atoms with Crippen molar-refractivity contribution in [3.63, 3.8) is 0 Å². The van der Waals surface area contributed by atoms with Gasteiger partial charge in [0, 0.05) is 0 Å². The zero-order valence-corrected chi connectivity index (χ0v) is 9.07. The molecule has 15 heavy (non-hydrogen) atoms. The summed E-state index contributed by atoms with van der Waals surface area (Å²) in [6.07, 6.45) is 0.750. The third-order valence-corrected chi connectivity index (χ3v) is 1.11. The third kappa shape index (κ3) is 10.4. The maximum absolute atomic E-state index is 10.0. The summed E-state index contributed by atoms with van der Waals surface area (Å²) in [7, 11) is 0. The van der Waals surface area contributed by atoms with Crippen LogP contribution in [0.5, 0.6) is 5.75 Å². The monoisotopic (exact) mass is 232 g/mol. The molecular weight excluding hydrogens is 220 g/mol. The Bertz CT molecular complexity index is 274. The molecule has 0 saturated carbocycles. The molecule has 0 radical (unpaired) electrons. The number of carbonyl (C=O) groups excluding carboxylic acids is 1. The van der Waals surface area contributed by atoms with Crippen molar-refractivity contribution < 1.29 is 19.4 Å². The number of aldehydes is 1. The lowest BCUT2D eigenvalue weighted by atomic mass is 10.3. The van der Waals surface area contributed by atoms with Crippen molar-refractivity contribution in [2.24, 2.45) is 0 Å². The van der Waals surface area contributed by atoms with E-state index in [1.54, 1.807) is 24.3 Å². The van der Waals surface area contributed by atoms with E-state index in [2.05, 4.69) is 0 Å². The van der Waals surface area contributed by atoms with E-state index in [4.69, 9.17) is 14.6 Å². The van der Waals surface area contributed by atoms with Crippen LogP contribution in [0.4, 0.5) is 0 Å². The first-order valence-electron chi connectivity index (χ1n) is 4.00. The quantitative estimate of drug-likeness (QED) is 0.807. The first-order chi connectivity index (χ1) is 6.70. The van der Waals surface area contributed by atoms with Gasteiger partial charge in [-0.1, -0.05) is 18.2 Å². The molecule has 0 bridgehead atoms. The fourth-order valence-corrected chi connectivity index (χ4v) is 0.662. The molecule has 0 unspecified atom stereocenters. The zero-order valence-electron chi connectivity index (χ0n) is 8.25. The van der Waals surface area contributed by atoms with Crippen LogP contribution in [0, 0.1) is 0 Å². The Morgan fingerprint density at radius 1 is 1.40 bits per heavy atom. The molecule has 0 atom stereocenters. The van der Waals surface area contributed by atoms with Gasteiger partial charge in [-0.05, 0) is 19.1 Å². The van der Waals surface area contributed by atoms with E-state index in [1.807, 2.05) is 6.07 Å². The van der Waals surface area contributed by atoms with Crippen molar-refractivity contribution >= 4 is 24.7 Å². The molecule has 5 heteroatoms. The van der Waals surface area contributed by atoms with Crippen LogP contribution in [0.3, 0.4) is 0 Å². The Hall–Kier alpha value is -1.55. The van der Waals surface area contributed by atoms with Crippen LogP contribution in [0.15, 0.2) is 30.3 Å². The number of hydrogen-bond acceptors (Lipinski definition) is 3. The highest BCUT2D eigenvalue weighted by atomic mass is 35.5. The van der Waals surface area contributed by atoms with Gasteiger partial charge in [0.05, 0.1) is 0 Å². The Labute approximate surface area is 94.3 Å². The largest absolute Gasteiger partial charge is 0.482 e. The van der Waals surface area contributed by atoms with Crippen LogP contribution in [-0.2, 0) is 9.59 Å². The maximum atomic E-state index is 10.0. The molecule has 1 aromatic carbocycles. The van der Waals surface area contributed by atoms with Gasteiger partial charge in [0.1, 0.15) is 12.0 Å². The molecular formula is C10H13ClO4. The number of aliphatic carboxylic acids is 1. The molecule has 0 amide bonds. The molecule has 1 aromatic rings. The molecule has 0 aliphatic carbocycles. The molecule has 0 aromatic heterocycles. The first kappa shape index (κ1) is 15.9. The van der Waals surface area contributed by atoms with Gasteiger partial charge in [0.15, 0.2) is 6.61 Å². The van der Waals surface area contributed by atoms with Crippen LogP contribution in [0.25, 0.3) is 0 Å². The van der Waals surface area contributed by atoms with Gasteiger partial charge in [-0.15, -0.1) is 12.4 Å². The summed E-state index contributed by atoms with van der Waals surface area (Å²) in [4.78, 5) is 18.9. The molecule has 4 nitrogen and oxygen atoms in total. The number of rotatable bonds is 3.